The van der Waals surface area contributed by atoms with Crippen molar-refractivity contribution in [1.29, 1.82) is 0 Å². The van der Waals surface area contributed by atoms with Gasteiger partial charge in [-0.3, -0.25) is 0 Å². The molecule has 15 heavy (non-hydrogen) atoms. The van der Waals surface area contributed by atoms with E-state index in [1.165, 1.54) is 37.2 Å². The van der Waals surface area contributed by atoms with Crippen LogP contribution in [0.15, 0.2) is 24.3 Å². The van der Waals surface area contributed by atoms with Gasteiger partial charge in [-0.05, 0) is 56.5 Å². The van der Waals surface area contributed by atoms with Crippen LogP contribution >= 0.6 is 0 Å². The van der Waals surface area contributed by atoms with Crippen molar-refractivity contribution in [3.8, 4) is 0 Å². The summed E-state index contributed by atoms with van der Waals surface area (Å²) in [6.45, 7) is 5.59. The molecular weight excluding hydrogens is 184 g/mol. The van der Waals surface area contributed by atoms with Gasteiger partial charge in [0.05, 0.1) is 0 Å². The number of nitrogens with one attached hydrogen (secondary N) is 2. The Kier molecular flexibility index (Phi) is 3.62. The molecule has 1 atom stereocenters. The third kappa shape index (κ3) is 3.24. The number of piperidine rings is 1. The average Bonchev–Trinajstić information content (AvgIpc) is 2.28. The topological polar surface area (TPSA) is 24.1 Å². The summed E-state index contributed by atoms with van der Waals surface area (Å²) in [7, 11) is 0. The number of aryl methyl sites for hydroxylation is 1. The summed E-state index contributed by atoms with van der Waals surface area (Å²) in [5.74, 6) is 0.791. The average molecular weight is 204 g/mol. The van der Waals surface area contributed by atoms with Gasteiger partial charge < -0.3 is 10.6 Å². The van der Waals surface area contributed by atoms with Gasteiger partial charge in [0.2, 0.25) is 0 Å². The summed E-state index contributed by atoms with van der Waals surface area (Å²) in [5.41, 5.74) is 2.57. The minimum Gasteiger partial charge on any atom is -0.385 e. The molecule has 1 aliphatic heterocycles. The number of benzene rings is 1. The second kappa shape index (κ2) is 5.17. The predicted molar refractivity (Wildman–Crippen MR) is 65.3 cm³/mol. The van der Waals surface area contributed by atoms with Crippen LogP contribution in [0.4, 0.5) is 5.69 Å². The number of anilines is 1. The first-order valence-corrected chi connectivity index (χ1v) is 5.86. The van der Waals surface area contributed by atoms with Gasteiger partial charge in [0.1, 0.15) is 0 Å². The molecule has 2 N–H and O–H groups in total. The largest absolute Gasteiger partial charge is 0.385 e. The third-order valence-corrected chi connectivity index (χ3v) is 3.01. The van der Waals surface area contributed by atoms with Gasteiger partial charge in [-0.25, -0.2) is 0 Å². The van der Waals surface area contributed by atoms with E-state index in [9.17, 15) is 0 Å². The summed E-state index contributed by atoms with van der Waals surface area (Å²) in [6, 6.07) is 8.59. The summed E-state index contributed by atoms with van der Waals surface area (Å²) in [4.78, 5) is 0. The first kappa shape index (κ1) is 10.5. The minimum atomic E-state index is 0.791. The number of hydrogen-bond donors (Lipinski definition) is 2. The highest BCUT2D eigenvalue weighted by atomic mass is 14.9. The molecule has 1 aliphatic rings. The Labute approximate surface area is 92.1 Å². The van der Waals surface area contributed by atoms with Crippen molar-refractivity contribution in [2.24, 2.45) is 5.92 Å². The fourth-order valence-corrected chi connectivity index (χ4v) is 2.12. The Bertz CT molecular complexity index is 303. The fourth-order valence-electron chi connectivity index (χ4n) is 2.12. The van der Waals surface area contributed by atoms with Crippen molar-refractivity contribution >= 4 is 5.69 Å². The van der Waals surface area contributed by atoms with Crippen LogP contribution < -0.4 is 10.6 Å². The molecule has 0 bridgehead atoms. The van der Waals surface area contributed by atoms with Crippen molar-refractivity contribution < 1.29 is 0 Å². The maximum absolute atomic E-state index is 3.52. The van der Waals surface area contributed by atoms with Gasteiger partial charge in [0.25, 0.3) is 0 Å². The predicted octanol–water partition coefficient (Wildman–Crippen LogP) is 2.41. The smallest absolute Gasteiger partial charge is 0.0342 e. The van der Waals surface area contributed by atoms with E-state index in [1.807, 2.05) is 0 Å². The Balaban J connectivity index is 1.81. The molecule has 0 spiro atoms. The zero-order valence-corrected chi connectivity index (χ0v) is 9.42. The van der Waals surface area contributed by atoms with Crippen molar-refractivity contribution in [2.75, 3.05) is 25.0 Å². The van der Waals surface area contributed by atoms with E-state index in [-0.39, 0.29) is 0 Å². The van der Waals surface area contributed by atoms with Crippen LogP contribution in [-0.2, 0) is 0 Å². The first-order chi connectivity index (χ1) is 7.34. The van der Waals surface area contributed by atoms with Crippen molar-refractivity contribution in [3.63, 3.8) is 0 Å². The van der Waals surface area contributed by atoms with E-state index >= 15 is 0 Å². The molecule has 0 radical (unpaired) electrons. The van der Waals surface area contributed by atoms with Gasteiger partial charge >= 0.3 is 0 Å². The molecule has 1 unspecified atom stereocenters. The summed E-state index contributed by atoms with van der Waals surface area (Å²) in [5, 5.41) is 6.96. The molecule has 1 heterocycles. The quantitative estimate of drug-likeness (QED) is 0.790. The number of hydrogen-bond acceptors (Lipinski definition) is 2. The molecule has 1 saturated heterocycles. The molecule has 0 aliphatic carbocycles. The molecule has 1 aromatic carbocycles. The molecule has 2 nitrogen and oxygen atoms in total. The zero-order valence-electron chi connectivity index (χ0n) is 9.42. The summed E-state index contributed by atoms with van der Waals surface area (Å²) in [6.07, 6.45) is 2.67. The van der Waals surface area contributed by atoms with Crippen molar-refractivity contribution in [2.45, 2.75) is 19.8 Å². The van der Waals surface area contributed by atoms with Gasteiger partial charge in [0.15, 0.2) is 0 Å². The lowest BCUT2D eigenvalue weighted by Crippen LogP contribution is -2.33. The van der Waals surface area contributed by atoms with Gasteiger partial charge in [-0.15, -0.1) is 0 Å². The molecule has 0 amide bonds. The van der Waals surface area contributed by atoms with Gasteiger partial charge in [0, 0.05) is 12.2 Å². The Morgan fingerprint density at radius 1 is 1.47 bits per heavy atom. The van der Waals surface area contributed by atoms with Crippen LogP contribution in [0.1, 0.15) is 18.4 Å². The molecule has 2 rings (SSSR count). The molecule has 0 saturated carbocycles. The van der Waals surface area contributed by atoms with Crippen molar-refractivity contribution in [1.82, 2.24) is 5.32 Å². The highest BCUT2D eigenvalue weighted by molar-refractivity contribution is 5.45. The molecule has 2 heteroatoms. The minimum absolute atomic E-state index is 0.791. The van der Waals surface area contributed by atoms with E-state index in [2.05, 4.69) is 41.8 Å². The number of rotatable bonds is 3. The lowest BCUT2D eigenvalue weighted by molar-refractivity contribution is 0.393. The Morgan fingerprint density at radius 3 is 3.13 bits per heavy atom. The molecule has 0 aromatic heterocycles. The molecular formula is C13H20N2. The molecule has 1 fully saturated rings. The second-order valence-electron chi connectivity index (χ2n) is 4.46. The third-order valence-electron chi connectivity index (χ3n) is 3.01. The maximum atomic E-state index is 3.52. The Morgan fingerprint density at radius 2 is 2.40 bits per heavy atom. The lowest BCUT2D eigenvalue weighted by Gasteiger charge is -2.23. The van der Waals surface area contributed by atoms with Crippen LogP contribution in [0.25, 0.3) is 0 Å². The lowest BCUT2D eigenvalue weighted by atomic mass is 10.00. The van der Waals surface area contributed by atoms with E-state index in [4.69, 9.17) is 0 Å². The van der Waals surface area contributed by atoms with E-state index < -0.39 is 0 Å². The molecule has 1 aromatic rings. The highest BCUT2D eigenvalue weighted by Gasteiger charge is 2.11. The van der Waals surface area contributed by atoms with Gasteiger partial charge in [-0.2, -0.15) is 0 Å². The van der Waals surface area contributed by atoms with Crippen LogP contribution in [0.3, 0.4) is 0 Å². The fraction of sp³-hybridized carbons (Fsp3) is 0.538. The zero-order chi connectivity index (χ0) is 10.5. The summed E-state index contributed by atoms with van der Waals surface area (Å²) >= 11 is 0. The highest BCUT2D eigenvalue weighted by Crippen LogP contribution is 2.13. The maximum Gasteiger partial charge on any atom is 0.0342 e. The van der Waals surface area contributed by atoms with Crippen LogP contribution in [-0.4, -0.2) is 19.6 Å². The normalized spacial score (nSPS) is 21.3. The van der Waals surface area contributed by atoms with E-state index in [0.717, 1.165) is 12.5 Å². The van der Waals surface area contributed by atoms with Crippen molar-refractivity contribution in [3.05, 3.63) is 29.8 Å². The monoisotopic (exact) mass is 204 g/mol. The molecule has 82 valence electrons. The Hall–Kier alpha value is -1.02. The van der Waals surface area contributed by atoms with Crippen LogP contribution in [0, 0.1) is 12.8 Å². The van der Waals surface area contributed by atoms with E-state index in [1.54, 1.807) is 0 Å². The van der Waals surface area contributed by atoms with Crippen LogP contribution in [0.2, 0.25) is 0 Å². The van der Waals surface area contributed by atoms with Gasteiger partial charge in [-0.1, -0.05) is 12.1 Å². The summed E-state index contributed by atoms with van der Waals surface area (Å²) < 4.78 is 0. The van der Waals surface area contributed by atoms with E-state index in [0.29, 0.717) is 0 Å². The second-order valence-corrected chi connectivity index (χ2v) is 4.46. The standard InChI is InChI=1S/C13H20N2/c1-11-4-2-6-13(8-11)15-10-12-5-3-7-14-9-12/h2,4,6,8,12,14-15H,3,5,7,9-10H2,1H3. The SMILES string of the molecule is Cc1cccc(NCC2CCCNC2)c1. The first-order valence-electron chi connectivity index (χ1n) is 5.86. The van der Waals surface area contributed by atoms with Crippen LogP contribution in [0.5, 0.6) is 0 Å².